The fraction of sp³-hybridized carbons (Fsp3) is 0.0556. The van der Waals surface area contributed by atoms with Crippen molar-refractivity contribution in [3.05, 3.63) is 204 Å². The molecule has 1 unspecified atom stereocenters. The van der Waals surface area contributed by atoms with Crippen molar-refractivity contribution in [3.63, 3.8) is 0 Å². The molecule has 1 aliphatic rings. The van der Waals surface area contributed by atoms with E-state index in [1.165, 1.54) is 33.0 Å². The molecule has 3 heterocycles. The molecule has 59 heavy (non-hydrogen) atoms. The van der Waals surface area contributed by atoms with Gasteiger partial charge in [0, 0.05) is 47.8 Å². The van der Waals surface area contributed by atoms with Crippen LogP contribution in [0.3, 0.4) is 0 Å². The molecular weight excluding hydrogens is 737 g/mol. The molecule has 7 aromatic carbocycles. The lowest BCUT2D eigenvalue weighted by Crippen LogP contribution is -2.22. The lowest BCUT2D eigenvalue weighted by atomic mass is 9.74. The Bertz CT molecular complexity index is 3280. The molecule has 1 aliphatic carbocycles. The smallest absolute Gasteiger partial charge is 0.166 e. The summed E-state index contributed by atoms with van der Waals surface area (Å²) in [4.78, 5) is 17.5. The number of hydrogen-bond donors (Lipinski definition) is 0. The van der Waals surface area contributed by atoms with Gasteiger partial charge in [-0.05, 0) is 77.6 Å². The number of benzene rings is 7. The van der Waals surface area contributed by atoms with E-state index in [0.29, 0.717) is 17.5 Å². The van der Waals surface area contributed by atoms with E-state index in [1.807, 2.05) is 6.08 Å². The van der Waals surface area contributed by atoms with E-state index in [9.17, 15) is 0 Å². The van der Waals surface area contributed by atoms with Gasteiger partial charge in [-0.1, -0.05) is 158 Å². The summed E-state index contributed by atoms with van der Waals surface area (Å²) in [7, 11) is 0. The molecule has 0 bridgehead atoms. The number of rotatable bonds is 7. The fourth-order valence-corrected chi connectivity index (χ4v) is 10.6. The van der Waals surface area contributed by atoms with Gasteiger partial charge in [0.15, 0.2) is 17.5 Å². The van der Waals surface area contributed by atoms with Gasteiger partial charge >= 0.3 is 0 Å². The third-order valence-electron chi connectivity index (χ3n) is 12.1. The topological polar surface area (TPSA) is 43.6 Å². The monoisotopic (exact) mass is 774 g/mol. The number of allylic oxidation sites excluding steroid dienone is 1. The van der Waals surface area contributed by atoms with Crippen molar-refractivity contribution in [2.45, 2.75) is 19.3 Å². The predicted molar refractivity (Wildman–Crippen MR) is 248 cm³/mol. The molecule has 0 saturated heterocycles. The first-order chi connectivity index (χ1) is 29.1. The molecule has 280 valence electrons. The highest BCUT2D eigenvalue weighted by Crippen LogP contribution is 2.55. The molecule has 0 saturated carbocycles. The molecule has 0 aliphatic heterocycles. The molecule has 1 atom stereocenters. The summed E-state index contributed by atoms with van der Waals surface area (Å²) in [6.45, 7) is 8.58. The van der Waals surface area contributed by atoms with Crippen molar-refractivity contribution in [1.29, 1.82) is 0 Å². The van der Waals surface area contributed by atoms with Gasteiger partial charge in [-0.2, -0.15) is 0 Å². The first-order valence-corrected chi connectivity index (χ1v) is 20.8. The van der Waals surface area contributed by atoms with Crippen LogP contribution in [-0.4, -0.2) is 19.5 Å². The minimum atomic E-state index is -0.363. The summed E-state index contributed by atoms with van der Waals surface area (Å²) >= 11 is 1.73. The van der Waals surface area contributed by atoms with Crippen LogP contribution in [0.25, 0.3) is 95.0 Å². The Morgan fingerprint density at radius 1 is 0.542 bits per heavy atom. The molecule has 0 radical (unpaired) electrons. The summed E-state index contributed by atoms with van der Waals surface area (Å²) in [5.41, 5.74) is 13.1. The van der Waals surface area contributed by atoms with E-state index in [2.05, 4.69) is 201 Å². The molecule has 3 aromatic heterocycles. The Kier molecular flexibility index (Phi) is 8.14. The van der Waals surface area contributed by atoms with Gasteiger partial charge in [-0.3, -0.25) is 0 Å². The SMILES string of the molecule is C=Cc1sc2c(-c3nc(-c4ccccc4-n4c5ccccc5c5ccccc54)nc(-c4cccc5c4-c4ccccc4C5(C)c4ccccc4)n3)cccc2c1/C=C\C. The standard InChI is InChI=1S/C54H38N4S/c1-4-19-37-38-26-17-28-42(50(38)59-48(37)5-2)53-56-51(40-25-12-16-33-47(40)58-45-31-14-10-22-35(45)36-23-11-15-32-46(36)58)55-52(57-53)41-27-18-30-44-49(41)39-24-9-13-29-43(39)54(44,3)34-20-7-6-8-21-34/h4-33H,2H2,1,3H3/b19-4-. The minimum absolute atomic E-state index is 0.363. The quantitative estimate of drug-likeness (QED) is 0.162. The average Bonchev–Trinajstić information content (AvgIpc) is 3.93. The second kappa shape index (κ2) is 13.7. The molecule has 0 amide bonds. The summed E-state index contributed by atoms with van der Waals surface area (Å²) in [5.74, 6) is 1.88. The van der Waals surface area contributed by atoms with E-state index < -0.39 is 0 Å². The van der Waals surface area contributed by atoms with Crippen molar-refractivity contribution in [2.24, 2.45) is 0 Å². The number of hydrogen-bond acceptors (Lipinski definition) is 4. The van der Waals surface area contributed by atoms with Gasteiger partial charge in [0.2, 0.25) is 0 Å². The number of aromatic nitrogens is 4. The summed E-state index contributed by atoms with van der Waals surface area (Å²) in [5, 5.41) is 3.56. The van der Waals surface area contributed by atoms with E-state index in [4.69, 9.17) is 15.0 Å². The van der Waals surface area contributed by atoms with Crippen molar-refractivity contribution in [2.75, 3.05) is 0 Å². The Morgan fingerprint density at radius 3 is 1.81 bits per heavy atom. The number of thiophene rings is 1. The van der Waals surface area contributed by atoms with Crippen molar-refractivity contribution in [1.82, 2.24) is 19.5 Å². The zero-order chi connectivity index (χ0) is 39.7. The van der Waals surface area contributed by atoms with E-state index in [1.54, 1.807) is 11.3 Å². The van der Waals surface area contributed by atoms with Crippen LogP contribution in [0.4, 0.5) is 0 Å². The van der Waals surface area contributed by atoms with Gasteiger partial charge < -0.3 is 4.57 Å². The molecular formula is C54H38N4S. The van der Waals surface area contributed by atoms with E-state index in [0.717, 1.165) is 59.5 Å². The number of nitrogens with zero attached hydrogens (tertiary/aromatic N) is 4. The van der Waals surface area contributed by atoms with Gasteiger partial charge in [0.05, 0.1) is 16.7 Å². The van der Waals surface area contributed by atoms with Crippen LogP contribution in [0, 0.1) is 0 Å². The maximum Gasteiger partial charge on any atom is 0.166 e. The molecule has 0 spiro atoms. The summed E-state index contributed by atoms with van der Waals surface area (Å²) in [6.07, 6.45) is 6.20. The van der Waals surface area contributed by atoms with Crippen LogP contribution >= 0.6 is 11.3 Å². The lowest BCUT2D eigenvalue weighted by Gasteiger charge is -2.28. The van der Waals surface area contributed by atoms with Crippen molar-refractivity contribution in [3.8, 4) is 51.0 Å². The molecule has 10 aromatic rings. The largest absolute Gasteiger partial charge is 0.309 e. The molecule has 11 rings (SSSR count). The van der Waals surface area contributed by atoms with Crippen LogP contribution in [0.15, 0.2) is 176 Å². The zero-order valence-electron chi connectivity index (χ0n) is 32.7. The summed E-state index contributed by atoms with van der Waals surface area (Å²) < 4.78 is 3.47. The Hall–Kier alpha value is -7.21. The highest BCUT2D eigenvalue weighted by molar-refractivity contribution is 7.20. The van der Waals surface area contributed by atoms with Gasteiger partial charge in [0.1, 0.15) is 0 Å². The normalized spacial score (nSPS) is 14.7. The Morgan fingerprint density at radius 2 is 1.08 bits per heavy atom. The van der Waals surface area contributed by atoms with Crippen LogP contribution in [0.5, 0.6) is 0 Å². The van der Waals surface area contributed by atoms with Crippen LogP contribution in [0.1, 0.15) is 41.0 Å². The third kappa shape index (κ3) is 5.25. The van der Waals surface area contributed by atoms with Gasteiger partial charge in [0.25, 0.3) is 0 Å². The first kappa shape index (κ1) is 35.0. The van der Waals surface area contributed by atoms with Crippen molar-refractivity contribution < 1.29 is 0 Å². The second-order valence-electron chi connectivity index (χ2n) is 15.2. The Balaban J connectivity index is 1.22. The molecule has 4 nitrogen and oxygen atoms in total. The molecule has 5 heteroatoms. The number of fused-ring (bicyclic) bond motifs is 7. The molecule has 0 N–H and O–H groups in total. The van der Waals surface area contributed by atoms with Gasteiger partial charge in [-0.15, -0.1) is 11.3 Å². The van der Waals surface area contributed by atoms with Crippen LogP contribution in [0.2, 0.25) is 0 Å². The van der Waals surface area contributed by atoms with Crippen LogP contribution in [-0.2, 0) is 5.41 Å². The fourth-order valence-electron chi connectivity index (χ4n) is 9.41. The lowest BCUT2D eigenvalue weighted by molar-refractivity contribution is 0.714. The third-order valence-corrected chi connectivity index (χ3v) is 13.3. The predicted octanol–water partition coefficient (Wildman–Crippen LogP) is 14.2. The highest BCUT2D eigenvalue weighted by Gasteiger charge is 2.42. The average molecular weight is 775 g/mol. The molecule has 0 fully saturated rings. The second-order valence-corrected chi connectivity index (χ2v) is 16.3. The Labute approximate surface area is 347 Å². The van der Waals surface area contributed by atoms with Gasteiger partial charge in [-0.25, -0.2) is 15.0 Å². The van der Waals surface area contributed by atoms with Crippen LogP contribution < -0.4 is 0 Å². The minimum Gasteiger partial charge on any atom is -0.309 e. The number of para-hydroxylation sites is 3. The maximum atomic E-state index is 5.49. The van der Waals surface area contributed by atoms with Crippen molar-refractivity contribution >= 4 is 55.4 Å². The highest BCUT2D eigenvalue weighted by atomic mass is 32.1. The first-order valence-electron chi connectivity index (χ1n) is 20.0. The van der Waals surface area contributed by atoms with E-state index >= 15 is 0 Å². The summed E-state index contributed by atoms with van der Waals surface area (Å²) in [6, 6.07) is 58.4. The zero-order valence-corrected chi connectivity index (χ0v) is 33.5. The van der Waals surface area contributed by atoms with E-state index in [-0.39, 0.29) is 5.41 Å². The maximum absolute atomic E-state index is 5.49.